The van der Waals surface area contributed by atoms with Crippen LogP contribution in [-0.4, -0.2) is 58.4 Å². The Hall–Kier alpha value is -3.11. The van der Waals surface area contributed by atoms with E-state index in [4.69, 9.17) is 19.0 Å². The largest absolute Gasteiger partial charge is 0.494 e. The Morgan fingerprint density at radius 3 is 2.34 bits per heavy atom. The standard InChI is InChI=1S/C28H37BN4O5/c1-16(2)33(32-26(35)36-7)25(34)23-19-9-8-18(14-19)22(23)24-30-15-21(31-24)17-10-12-20(13-11-17)29-37-27(3,4)28(5,6)38-29/h8-13,15-16,18-19,22-23H,14H2,1-7H3,(H,30,31)(H,32,35)/t18?,19?,22-,23+/m0/s1. The average molecular weight is 520 g/mol. The first-order valence-corrected chi connectivity index (χ1v) is 13.3. The number of imidazole rings is 1. The molecule has 2 aliphatic carbocycles. The van der Waals surface area contributed by atoms with Gasteiger partial charge in [-0.1, -0.05) is 36.4 Å². The highest BCUT2D eigenvalue weighted by Gasteiger charge is 2.52. The van der Waals surface area contributed by atoms with Crippen LogP contribution in [0.25, 0.3) is 11.3 Å². The van der Waals surface area contributed by atoms with Crippen molar-refractivity contribution in [3.63, 3.8) is 0 Å². The summed E-state index contributed by atoms with van der Waals surface area (Å²) in [6.07, 6.45) is 6.37. The number of aromatic amines is 1. The summed E-state index contributed by atoms with van der Waals surface area (Å²) in [4.78, 5) is 33.8. The first-order chi connectivity index (χ1) is 17.9. The molecule has 2 aromatic rings. The first kappa shape index (κ1) is 26.5. The maximum Gasteiger partial charge on any atom is 0.494 e. The lowest BCUT2D eigenvalue weighted by Crippen LogP contribution is -2.53. The highest BCUT2D eigenvalue weighted by molar-refractivity contribution is 6.62. The van der Waals surface area contributed by atoms with Crippen LogP contribution >= 0.6 is 0 Å². The van der Waals surface area contributed by atoms with Crippen LogP contribution in [0.4, 0.5) is 4.79 Å². The van der Waals surface area contributed by atoms with Crippen molar-refractivity contribution in [2.75, 3.05) is 7.11 Å². The van der Waals surface area contributed by atoms with Crippen molar-refractivity contribution in [1.29, 1.82) is 0 Å². The van der Waals surface area contributed by atoms with Crippen LogP contribution in [0.5, 0.6) is 0 Å². The zero-order valence-corrected chi connectivity index (χ0v) is 23.1. The number of ether oxygens (including phenoxy) is 1. The van der Waals surface area contributed by atoms with E-state index in [1.807, 2.05) is 72.0 Å². The molecular weight excluding hydrogens is 483 g/mol. The topological polar surface area (TPSA) is 106 Å². The molecule has 2 fully saturated rings. The molecule has 0 radical (unpaired) electrons. The van der Waals surface area contributed by atoms with Crippen LogP contribution in [0, 0.1) is 17.8 Å². The van der Waals surface area contributed by atoms with Crippen molar-refractivity contribution in [3.8, 4) is 11.3 Å². The fourth-order valence-corrected chi connectivity index (χ4v) is 5.73. The average Bonchev–Trinajstić information content (AvgIpc) is 3.65. The van der Waals surface area contributed by atoms with Crippen LogP contribution in [-0.2, 0) is 18.8 Å². The predicted octanol–water partition coefficient (Wildman–Crippen LogP) is 3.79. The first-order valence-electron chi connectivity index (χ1n) is 13.3. The fourth-order valence-electron chi connectivity index (χ4n) is 5.73. The number of benzene rings is 1. The second-order valence-corrected chi connectivity index (χ2v) is 11.8. The van der Waals surface area contributed by atoms with E-state index in [0.29, 0.717) is 0 Å². The van der Waals surface area contributed by atoms with E-state index in [0.717, 1.165) is 29.0 Å². The molecule has 1 saturated carbocycles. The van der Waals surface area contributed by atoms with E-state index < -0.39 is 24.4 Å². The second kappa shape index (κ2) is 9.57. The van der Waals surface area contributed by atoms with Crippen molar-refractivity contribution in [2.24, 2.45) is 17.8 Å². The maximum absolute atomic E-state index is 13.7. The smallest absolute Gasteiger partial charge is 0.452 e. The van der Waals surface area contributed by atoms with Crippen molar-refractivity contribution in [2.45, 2.75) is 71.1 Å². The zero-order valence-electron chi connectivity index (χ0n) is 23.1. The number of carbonyl (C=O) groups is 2. The molecule has 0 spiro atoms. The summed E-state index contributed by atoms with van der Waals surface area (Å²) >= 11 is 0. The van der Waals surface area contributed by atoms with Gasteiger partial charge in [0.25, 0.3) is 0 Å². The van der Waals surface area contributed by atoms with Crippen LogP contribution in [0.2, 0.25) is 0 Å². The van der Waals surface area contributed by atoms with Gasteiger partial charge in [-0.2, -0.15) is 0 Å². The molecule has 2 bridgehead atoms. The maximum atomic E-state index is 13.7. The van der Waals surface area contributed by atoms with Crippen LogP contribution in [0.3, 0.4) is 0 Å². The molecule has 1 saturated heterocycles. The van der Waals surface area contributed by atoms with E-state index in [-0.39, 0.29) is 35.6 Å². The minimum atomic E-state index is -0.661. The minimum absolute atomic E-state index is 0.101. The molecule has 2 unspecified atom stereocenters. The number of fused-ring (bicyclic) bond motifs is 2. The van der Waals surface area contributed by atoms with Gasteiger partial charge in [-0.3, -0.25) is 4.79 Å². The third-order valence-corrected chi connectivity index (χ3v) is 8.55. The molecule has 2 heterocycles. The monoisotopic (exact) mass is 520 g/mol. The molecule has 2 N–H and O–H groups in total. The summed E-state index contributed by atoms with van der Waals surface area (Å²) in [6.45, 7) is 11.9. The number of amides is 2. The molecule has 1 aliphatic heterocycles. The van der Waals surface area contributed by atoms with Crippen molar-refractivity contribution >= 4 is 24.6 Å². The second-order valence-electron chi connectivity index (χ2n) is 11.8. The Morgan fingerprint density at radius 1 is 1.11 bits per heavy atom. The summed E-state index contributed by atoms with van der Waals surface area (Å²) in [5, 5.41) is 1.39. The van der Waals surface area contributed by atoms with Gasteiger partial charge < -0.3 is 19.0 Å². The Balaban J connectivity index is 1.36. The van der Waals surface area contributed by atoms with E-state index >= 15 is 0 Å². The van der Waals surface area contributed by atoms with Crippen LogP contribution < -0.4 is 10.9 Å². The highest BCUT2D eigenvalue weighted by atomic mass is 16.7. The Morgan fingerprint density at radius 2 is 1.74 bits per heavy atom. The van der Waals surface area contributed by atoms with Gasteiger partial charge in [0.1, 0.15) is 5.82 Å². The number of hydrazine groups is 1. The molecule has 5 rings (SSSR count). The number of H-pyrrole nitrogens is 1. The van der Waals surface area contributed by atoms with Gasteiger partial charge >= 0.3 is 13.2 Å². The molecule has 202 valence electrons. The van der Waals surface area contributed by atoms with Gasteiger partial charge in [0.2, 0.25) is 5.91 Å². The van der Waals surface area contributed by atoms with E-state index in [1.165, 1.54) is 12.1 Å². The van der Waals surface area contributed by atoms with E-state index in [1.54, 1.807) is 0 Å². The van der Waals surface area contributed by atoms with E-state index in [9.17, 15) is 9.59 Å². The lowest BCUT2D eigenvalue weighted by atomic mass is 9.79. The summed E-state index contributed by atoms with van der Waals surface area (Å²) in [5.41, 5.74) is 4.63. The number of hydrogen-bond acceptors (Lipinski definition) is 6. The summed E-state index contributed by atoms with van der Waals surface area (Å²) < 4.78 is 17.1. The molecule has 38 heavy (non-hydrogen) atoms. The normalized spacial score (nSPS) is 26.7. The quantitative estimate of drug-likeness (QED) is 0.353. The van der Waals surface area contributed by atoms with Crippen LogP contribution in [0.15, 0.2) is 42.6 Å². The molecular formula is C28H37BN4O5. The molecule has 10 heteroatoms. The SMILES string of the molecule is COC(=O)NN(C(=O)[C@@H]1C2C=CC(C2)[C@@H]1c1ncc(-c2ccc(B3OC(C)(C)C(C)(C)O3)cc2)[nH]1)C(C)C. The van der Waals surface area contributed by atoms with Gasteiger partial charge in [-0.15, -0.1) is 0 Å². The number of aromatic nitrogens is 2. The number of methoxy groups -OCH3 is 1. The Kier molecular flexibility index (Phi) is 6.68. The minimum Gasteiger partial charge on any atom is -0.452 e. The Bertz CT molecular complexity index is 1220. The molecule has 1 aromatic carbocycles. The molecule has 1 aromatic heterocycles. The van der Waals surface area contributed by atoms with Gasteiger partial charge in [-0.05, 0) is 70.8 Å². The van der Waals surface area contributed by atoms with E-state index in [2.05, 4.69) is 22.6 Å². The Labute approximate surface area is 224 Å². The lowest BCUT2D eigenvalue weighted by molar-refractivity contribution is -0.142. The molecule has 2 amide bonds. The summed E-state index contributed by atoms with van der Waals surface area (Å²) in [7, 11) is 0.870. The fraction of sp³-hybridized carbons (Fsp3) is 0.536. The van der Waals surface area contributed by atoms with Crippen molar-refractivity contribution in [1.82, 2.24) is 20.4 Å². The number of carbonyl (C=O) groups excluding carboxylic acids is 2. The number of rotatable bonds is 5. The highest BCUT2D eigenvalue weighted by Crippen LogP contribution is 2.53. The lowest BCUT2D eigenvalue weighted by Gasteiger charge is -2.33. The number of nitrogens with zero attached hydrogens (tertiary/aromatic N) is 2. The number of nitrogens with one attached hydrogen (secondary N) is 2. The van der Waals surface area contributed by atoms with Gasteiger partial charge in [-0.25, -0.2) is 20.2 Å². The zero-order chi connectivity index (χ0) is 27.4. The van der Waals surface area contributed by atoms with Crippen molar-refractivity contribution in [3.05, 3.63) is 48.4 Å². The predicted molar refractivity (Wildman–Crippen MR) is 144 cm³/mol. The molecule has 3 aliphatic rings. The van der Waals surface area contributed by atoms with Gasteiger partial charge in [0.15, 0.2) is 0 Å². The van der Waals surface area contributed by atoms with Gasteiger partial charge in [0.05, 0.1) is 36.1 Å². The third kappa shape index (κ3) is 4.54. The van der Waals surface area contributed by atoms with Crippen molar-refractivity contribution < 1.29 is 23.6 Å². The summed E-state index contributed by atoms with van der Waals surface area (Å²) in [5.74, 6) is 0.547. The number of hydrogen-bond donors (Lipinski definition) is 2. The van der Waals surface area contributed by atoms with Gasteiger partial charge in [0, 0.05) is 12.0 Å². The molecule has 4 atom stereocenters. The molecule has 9 nitrogen and oxygen atoms in total. The summed E-state index contributed by atoms with van der Waals surface area (Å²) in [6, 6.07) is 7.87. The number of allylic oxidation sites excluding steroid dienone is 2. The third-order valence-electron chi connectivity index (χ3n) is 8.55. The van der Waals surface area contributed by atoms with Crippen LogP contribution in [0.1, 0.15) is 59.7 Å².